The van der Waals surface area contributed by atoms with Crippen LogP contribution < -0.4 is 5.32 Å². The van der Waals surface area contributed by atoms with Gasteiger partial charge in [-0.25, -0.2) is 0 Å². The van der Waals surface area contributed by atoms with Crippen LogP contribution in [-0.2, 0) is 0 Å². The van der Waals surface area contributed by atoms with E-state index in [2.05, 4.69) is 20.4 Å². The molecule has 8 nitrogen and oxygen atoms in total. The minimum atomic E-state index is -0.431. The molecule has 0 bridgehead atoms. The first-order valence-electron chi connectivity index (χ1n) is 8.97. The van der Waals surface area contributed by atoms with Crippen LogP contribution in [0, 0.1) is 10.1 Å². The van der Waals surface area contributed by atoms with Crippen molar-refractivity contribution in [3.05, 3.63) is 88.6 Å². The molecule has 0 saturated heterocycles. The largest absolute Gasteiger partial charge is 0.373 e. The number of nitrogens with one attached hydrogen (secondary N) is 1. The van der Waals surface area contributed by atoms with Crippen LogP contribution in [0.4, 0.5) is 11.4 Å². The van der Waals surface area contributed by atoms with Gasteiger partial charge in [0.25, 0.3) is 11.6 Å². The third-order valence-electron chi connectivity index (χ3n) is 4.43. The summed E-state index contributed by atoms with van der Waals surface area (Å²) in [5.74, 6) is 0.513. The molecule has 8 heteroatoms. The lowest BCUT2D eigenvalue weighted by Gasteiger charge is -2.15. The van der Waals surface area contributed by atoms with Crippen molar-refractivity contribution < 1.29 is 9.45 Å². The van der Waals surface area contributed by atoms with E-state index in [1.165, 1.54) is 6.07 Å². The Labute approximate surface area is 166 Å². The summed E-state index contributed by atoms with van der Waals surface area (Å²) >= 11 is 0. The van der Waals surface area contributed by atoms with Crippen molar-refractivity contribution in [2.75, 3.05) is 5.32 Å². The summed E-state index contributed by atoms with van der Waals surface area (Å²) in [5, 5.41) is 18.8. The summed E-state index contributed by atoms with van der Waals surface area (Å²) in [5.41, 5.74) is 2.40. The molecule has 0 aliphatic rings. The maximum absolute atomic E-state index is 11.6. The molecule has 4 aromatic rings. The molecule has 2 heterocycles. The number of hydrogen-bond acceptors (Lipinski definition) is 7. The van der Waals surface area contributed by atoms with Crippen LogP contribution in [0.3, 0.4) is 0 Å². The van der Waals surface area contributed by atoms with Crippen LogP contribution in [0.15, 0.2) is 77.4 Å². The first-order chi connectivity index (χ1) is 14.1. The van der Waals surface area contributed by atoms with Crippen molar-refractivity contribution in [2.45, 2.75) is 13.0 Å². The maximum Gasteiger partial charge on any atom is 0.293 e. The van der Waals surface area contributed by atoms with E-state index in [0.717, 1.165) is 5.56 Å². The fourth-order valence-corrected chi connectivity index (χ4v) is 2.94. The first-order valence-corrected chi connectivity index (χ1v) is 8.97. The van der Waals surface area contributed by atoms with Gasteiger partial charge in [0.2, 0.25) is 5.82 Å². The lowest BCUT2D eigenvalue weighted by molar-refractivity contribution is -0.383. The standard InChI is InChI=1S/C21H17N5O3/c1-14(15-7-3-2-4-8-15)23-17-11-10-16(13-19(17)26(27)28)21-24-20(25-29-21)18-9-5-6-12-22-18/h2-14,23H,1H3. The van der Waals surface area contributed by atoms with Crippen molar-refractivity contribution in [1.82, 2.24) is 15.1 Å². The van der Waals surface area contributed by atoms with Crippen molar-refractivity contribution in [1.29, 1.82) is 0 Å². The highest BCUT2D eigenvalue weighted by molar-refractivity contribution is 5.70. The third kappa shape index (κ3) is 3.96. The highest BCUT2D eigenvalue weighted by Crippen LogP contribution is 2.33. The lowest BCUT2D eigenvalue weighted by Crippen LogP contribution is -2.08. The SMILES string of the molecule is CC(Nc1ccc(-c2nc(-c3ccccn3)no2)cc1[N+](=O)[O-])c1ccccc1. The summed E-state index contributed by atoms with van der Waals surface area (Å²) in [6.07, 6.45) is 1.63. The van der Waals surface area contributed by atoms with Gasteiger partial charge in [-0.3, -0.25) is 15.1 Å². The summed E-state index contributed by atoms with van der Waals surface area (Å²) in [4.78, 5) is 19.7. The Balaban J connectivity index is 1.63. The molecule has 144 valence electrons. The number of nitrogens with zero attached hydrogens (tertiary/aromatic N) is 4. The third-order valence-corrected chi connectivity index (χ3v) is 4.43. The van der Waals surface area contributed by atoms with E-state index >= 15 is 0 Å². The van der Waals surface area contributed by atoms with E-state index in [9.17, 15) is 10.1 Å². The second-order valence-corrected chi connectivity index (χ2v) is 6.40. The molecule has 4 rings (SSSR count). The molecular weight excluding hydrogens is 370 g/mol. The minimum absolute atomic E-state index is 0.0668. The quantitative estimate of drug-likeness (QED) is 0.371. The number of pyridine rings is 1. The van der Waals surface area contributed by atoms with Crippen LogP contribution in [0.5, 0.6) is 0 Å². The predicted molar refractivity (Wildman–Crippen MR) is 108 cm³/mol. The molecule has 1 unspecified atom stereocenters. The molecule has 2 aromatic carbocycles. The van der Waals surface area contributed by atoms with Gasteiger partial charge in [0.05, 0.1) is 4.92 Å². The molecule has 0 aliphatic heterocycles. The predicted octanol–water partition coefficient (Wildman–Crippen LogP) is 4.88. The zero-order chi connectivity index (χ0) is 20.2. The topological polar surface area (TPSA) is 107 Å². The van der Waals surface area contributed by atoms with Gasteiger partial charge in [0.15, 0.2) is 0 Å². The smallest absolute Gasteiger partial charge is 0.293 e. The summed E-state index contributed by atoms with van der Waals surface area (Å²) in [7, 11) is 0. The van der Waals surface area contributed by atoms with Crippen LogP contribution in [0.25, 0.3) is 23.0 Å². The fourth-order valence-electron chi connectivity index (χ4n) is 2.94. The van der Waals surface area contributed by atoms with Crippen LogP contribution >= 0.6 is 0 Å². The molecule has 2 aromatic heterocycles. The Kier molecular flexibility index (Phi) is 4.98. The normalized spacial score (nSPS) is 11.8. The Morgan fingerprint density at radius 3 is 2.59 bits per heavy atom. The van der Waals surface area contributed by atoms with Gasteiger partial charge in [-0.2, -0.15) is 4.98 Å². The molecule has 0 radical (unpaired) electrons. The van der Waals surface area contributed by atoms with E-state index in [0.29, 0.717) is 22.8 Å². The van der Waals surface area contributed by atoms with Gasteiger partial charge in [0, 0.05) is 23.9 Å². The zero-order valence-electron chi connectivity index (χ0n) is 15.5. The number of aromatic nitrogens is 3. The van der Waals surface area contributed by atoms with Gasteiger partial charge in [-0.05, 0) is 36.8 Å². The second kappa shape index (κ2) is 7.89. The van der Waals surface area contributed by atoms with E-state index in [1.54, 1.807) is 30.5 Å². The minimum Gasteiger partial charge on any atom is -0.373 e. The average molecular weight is 387 g/mol. The number of benzene rings is 2. The van der Waals surface area contributed by atoms with E-state index in [4.69, 9.17) is 4.52 Å². The van der Waals surface area contributed by atoms with Gasteiger partial charge in [-0.1, -0.05) is 41.6 Å². The number of anilines is 1. The van der Waals surface area contributed by atoms with Crippen molar-refractivity contribution in [2.24, 2.45) is 0 Å². The van der Waals surface area contributed by atoms with Gasteiger partial charge in [-0.15, -0.1) is 0 Å². The van der Waals surface area contributed by atoms with E-state index < -0.39 is 4.92 Å². The van der Waals surface area contributed by atoms with Crippen molar-refractivity contribution in [3.8, 4) is 23.0 Å². The van der Waals surface area contributed by atoms with Gasteiger partial charge < -0.3 is 9.84 Å². The molecular formula is C21H17N5O3. The summed E-state index contributed by atoms with van der Waals surface area (Å²) < 4.78 is 5.29. The number of nitro benzene ring substituents is 1. The monoisotopic (exact) mass is 387 g/mol. The summed E-state index contributed by atoms with van der Waals surface area (Å²) in [6, 6.07) is 19.8. The molecule has 0 saturated carbocycles. The maximum atomic E-state index is 11.6. The van der Waals surface area contributed by atoms with Crippen molar-refractivity contribution in [3.63, 3.8) is 0 Å². The Morgan fingerprint density at radius 1 is 1.07 bits per heavy atom. The Morgan fingerprint density at radius 2 is 1.86 bits per heavy atom. The lowest BCUT2D eigenvalue weighted by atomic mass is 10.1. The first kappa shape index (κ1) is 18.3. The number of rotatable bonds is 6. The van der Waals surface area contributed by atoms with Gasteiger partial charge in [0.1, 0.15) is 11.4 Å². The highest BCUT2D eigenvalue weighted by Gasteiger charge is 2.20. The van der Waals surface area contributed by atoms with Crippen LogP contribution in [0.2, 0.25) is 0 Å². The van der Waals surface area contributed by atoms with Crippen LogP contribution in [0.1, 0.15) is 18.5 Å². The molecule has 29 heavy (non-hydrogen) atoms. The zero-order valence-corrected chi connectivity index (χ0v) is 15.5. The Bertz CT molecular complexity index is 1130. The van der Waals surface area contributed by atoms with E-state index in [1.807, 2.05) is 43.3 Å². The molecule has 0 amide bonds. The van der Waals surface area contributed by atoms with Crippen molar-refractivity contribution >= 4 is 11.4 Å². The summed E-state index contributed by atoms with van der Waals surface area (Å²) in [6.45, 7) is 1.95. The van der Waals surface area contributed by atoms with Crippen LogP contribution in [-0.4, -0.2) is 20.0 Å². The molecule has 0 fully saturated rings. The second-order valence-electron chi connectivity index (χ2n) is 6.40. The number of hydrogen-bond donors (Lipinski definition) is 1. The number of nitro groups is 1. The molecule has 1 N–H and O–H groups in total. The highest BCUT2D eigenvalue weighted by atomic mass is 16.6. The molecule has 1 atom stereocenters. The average Bonchev–Trinajstić information content (AvgIpc) is 3.25. The van der Waals surface area contributed by atoms with E-state index in [-0.39, 0.29) is 17.6 Å². The molecule has 0 spiro atoms. The fraction of sp³-hybridized carbons (Fsp3) is 0.0952. The molecule has 0 aliphatic carbocycles. The van der Waals surface area contributed by atoms with Gasteiger partial charge >= 0.3 is 0 Å². The Hall–Kier alpha value is -4.07.